The lowest BCUT2D eigenvalue weighted by Gasteiger charge is -2.18. The molecular formula is C21H19NO6S. The summed E-state index contributed by atoms with van der Waals surface area (Å²) in [6.07, 6.45) is 0. The highest BCUT2D eigenvalue weighted by Gasteiger charge is 2.23. The number of nitrogens with one attached hydrogen (secondary N) is 1. The van der Waals surface area contributed by atoms with E-state index in [1.807, 2.05) is 24.3 Å². The normalized spacial score (nSPS) is 12.6. The number of thioether (sulfide) groups is 1. The van der Waals surface area contributed by atoms with Crippen molar-refractivity contribution in [1.29, 1.82) is 0 Å². The summed E-state index contributed by atoms with van der Waals surface area (Å²) in [6, 6.07) is 12.7. The van der Waals surface area contributed by atoms with Crippen LogP contribution in [-0.2, 0) is 9.53 Å². The molecule has 1 aromatic heterocycles. The zero-order valence-electron chi connectivity index (χ0n) is 15.7. The lowest BCUT2D eigenvalue weighted by atomic mass is 10.2. The van der Waals surface area contributed by atoms with Crippen molar-refractivity contribution in [3.05, 3.63) is 48.2 Å². The Morgan fingerprint density at radius 3 is 2.72 bits per heavy atom. The minimum Gasteiger partial charge on any atom is -0.486 e. The maximum absolute atomic E-state index is 12.6. The van der Waals surface area contributed by atoms with Crippen LogP contribution >= 0.6 is 11.8 Å². The topological polar surface area (TPSA) is 87.0 Å². The van der Waals surface area contributed by atoms with Gasteiger partial charge in [0.05, 0.1) is 12.4 Å². The van der Waals surface area contributed by atoms with Crippen LogP contribution in [0.2, 0.25) is 0 Å². The molecule has 4 rings (SSSR count). The smallest absolute Gasteiger partial charge is 0.376 e. The molecule has 3 aromatic rings. The summed E-state index contributed by atoms with van der Waals surface area (Å²) < 4.78 is 21.7. The number of furan rings is 1. The molecule has 0 atom stereocenters. The summed E-state index contributed by atoms with van der Waals surface area (Å²) >= 11 is 1.36. The predicted octanol–water partition coefficient (Wildman–Crippen LogP) is 4.11. The first-order valence-corrected chi connectivity index (χ1v) is 10.1. The molecule has 0 saturated carbocycles. The molecule has 8 heteroatoms. The van der Waals surface area contributed by atoms with Crippen LogP contribution in [0.15, 0.2) is 51.8 Å². The number of ether oxygens (including phenoxy) is 3. The molecular weight excluding hydrogens is 394 g/mol. The first-order chi connectivity index (χ1) is 14.2. The summed E-state index contributed by atoms with van der Waals surface area (Å²) in [5, 5.41) is 3.44. The van der Waals surface area contributed by atoms with Crippen molar-refractivity contribution in [2.24, 2.45) is 0 Å². The van der Waals surface area contributed by atoms with E-state index < -0.39 is 5.97 Å². The minimum atomic E-state index is -0.613. The van der Waals surface area contributed by atoms with Gasteiger partial charge in [-0.2, -0.15) is 0 Å². The molecule has 0 aliphatic carbocycles. The Hall–Kier alpha value is -3.13. The first kappa shape index (κ1) is 19.2. The Kier molecular flexibility index (Phi) is 5.62. The van der Waals surface area contributed by atoms with Gasteiger partial charge in [-0.05, 0) is 37.3 Å². The highest BCUT2D eigenvalue weighted by atomic mass is 32.2. The number of hydrogen-bond acceptors (Lipinski definition) is 7. The maximum atomic E-state index is 12.6. The molecule has 7 nitrogen and oxygen atoms in total. The number of anilines is 1. The molecule has 150 valence electrons. The number of amides is 1. The Bertz CT molecular complexity index is 1060. The second-order valence-corrected chi connectivity index (χ2v) is 7.21. The molecule has 2 heterocycles. The molecule has 1 amide bonds. The molecule has 29 heavy (non-hydrogen) atoms. The van der Waals surface area contributed by atoms with Gasteiger partial charge in [0.1, 0.15) is 24.5 Å². The summed E-state index contributed by atoms with van der Waals surface area (Å²) in [5.41, 5.74) is 0.831. The van der Waals surface area contributed by atoms with Crippen molar-refractivity contribution < 1.29 is 28.2 Å². The SMILES string of the molecule is CCOC(=O)c1oc2ccccc2c1NC(=O)CSc1ccc2c(c1)OCCO2. The van der Waals surface area contributed by atoms with Crippen molar-refractivity contribution in [2.75, 3.05) is 30.9 Å². The molecule has 0 unspecified atom stereocenters. The Balaban J connectivity index is 1.49. The summed E-state index contributed by atoms with van der Waals surface area (Å²) in [7, 11) is 0. The quantitative estimate of drug-likeness (QED) is 0.481. The van der Waals surface area contributed by atoms with Crippen LogP contribution in [-0.4, -0.2) is 37.4 Å². The van der Waals surface area contributed by atoms with Crippen LogP contribution in [0.4, 0.5) is 5.69 Å². The van der Waals surface area contributed by atoms with Crippen molar-refractivity contribution in [3.8, 4) is 11.5 Å². The van der Waals surface area contributed by atoms with Gasteiger partial charge in [-0.1, -0.05) is 12.1 Å². The number of rotatable bonds is 6. The summed E-state index contributed by atoms with van der Waals surface area (Å²) in [5.74, 6) is 0.647. The fourth-order valence-corrected chi connectivity index (χ4v) is 3.67. The second-order valence-electron chi connectivity index (χ2n) is 6.17. The van der Waals surface area contributed by atoms with E-state index >= 15 is 0 Å². The van der Waals surface area contributed by atoms with E-state index in [0.717, 1.165) is 4.90 Å². The zero-order valence-corrected chi connectivity index (χ0v) is 16.5. The highest BCUT2D eigenvalue weighted by Crippen LogP contribution is 2.35. The summed E-state index contributed by atoms with van der Waals surface area (Å²) in [4.78, 5) is 25.7. The molecule has 2 aromatic carbocycles. The van der Waals surface area contributed by atoms with E-state index in [9.17, 15) is 9.59 Å². The van der Waals surface area contributed by atoms with Gasteiger partial charge < -0.3 is 23.9 Å². The van der Waals surface area contributed by atoms with E-state index in [2.05, 4.69) is 5.32 Å². The highest BCUT2D eigenvalue weighted by molar-refractivity contribution is 8.00. The molecule has 1 aliphatic rings. The van der Waals surface area contributed by atoms with Gasteiger partial charge >= 0.3 is 5.97 Å². The van der Waals surface area contributed by atoms with Gasteiger partial charge in [0.2, 0.25) is 11.7 Å². The second kappa shape index (κ2) is 8.48. The number of carbonyl (C=O) groups is 2. The van der Waals surface area contributed by atoms with Gasteiger partial charge in [-0.15, -0.1) is 11.8 Å². The lowest BCUT2D eigenvalue weighted by molar-refractivity contribution is -0.113. The van der Waals surface area contributed by atoms with Gasteiger partial charge in [0.15, 0.2) is 11.5 Å². The predicted molar refractivity (Wildman–Crippen MR) is 109 cm³/mol. The maximum Gasteiger partial charge on any atom is 0.376 e. The molecule has 0 radical (unpaired) electrons. The van der Waals surface area contributed by atoms with Crippen LogP contribution in [0.3, 0.4) is 0 Å². The largest absolute Gasteiger partial charge is 0.486 e. The zero-order chi connectivity index (χ0) is 20.2. The Morgan fingerprint density at radius 2 is 1.90 bits per heavy atom. The van der Waals surface area contributed by atoms with Crippen molar-refractivity contribution in [2.45, 2.75) is 11.8 Å². The number of hydrogen-bond donors (Lipinski definition) is 1. The van der Waals surface area contributed by atoms with Gasteiger partial charge in [-0.3, -0.25) is 4.79 Å². The van der Waals surface area contributed by atoms with Crippen molar-refractivity contribution >= 4 is 40.3 Å². The van der Waals surface area contributed by atoms with Crippen LogP contribution < -0.4 is 14.8 Å². The molecule has 0 saturated heterocycles. The third-order valence-corrected chi connectivity index (χ3v) is 5.20. The fourth-order valence-electron chi connectivity index (χ4n) is 2.95. The fraction of sp³-hybridized carbons (Fsp3) is 0.238. The van der Waals surface area contributed by atoms with Crippen LogP contribution in [0.25, 0.3) is 11.0 Å². The number of benzene rings is 2. The van der Waals surface area contributed by atoms with Crippen LogP contribution in [0, 0.1) is 0 Å². The number of carbonyl (C=O) groups excluding carboxylic acids is 2. The average molecular weight is 413 g/mol. The van der Waals surface area contributed by atoms with E-state index in [0.29, 0.717) is 41.4 Å². The molecule has 1 aliphatic heterocycles. The van der Waals surface area contributed by atoms with Gasteiger partial charge in [-0.25, -0.2) is 4.79 Å². The first-order valence-electron chi connectivity index (χ1n) is 9.16. The van der Waals surface area contributed by atoms with Crippen molar-refractivity contribution in [3.63, 3.8) is 0 Å². The average Bonchev–Trinajstić information content (AvgIpc) is 3.11. The Morgan fingerprint density at radius 1 is 1.10 bits per heavy atom. The van der Waals surface area contributed by atoms with Gasteiger partial charge in [0, 0.05) is 10.3 Å². The van der Waals surface area contributed by atoms with E-state index in [1.165, 1.54) is 11.8 Å². The third-order valence-electron chi connectivity index (χ3n) is 4.20. The monoisotopic (exact) mass is 413 g/mol. The Labute approximate surface area is 171 Å². The third kappa shape index (κ3) is 4.17. The molecule has 0 spiro atoms. The summed E-state index contributed by atoms with van der Waals surface area (Å²) in [6.45, 7) is 2.96. The number of para-hydroxylation sites is 1. The van der Waals surface area contributed by atoms with E-state index in [4.69, 9.17) is 18.6 Å². The van der Waals surface area contributed by atoms with Crippen molar-refractivity contribution in [1.82, 2.24) is 0 Å². The molecule has 1 N–H and O–H groups in total. The van der Waals surface area contributed by atoms with E-state index in [1.54, 1.807) is 25.1 Å². The van der Waals surface area contributed by atoms with Crippen LogP contribution in [0.5, 0.6) is 11.5 Å². The van der Waals surface area contributed by atoms with E-state index in [-0.39, 0.29) is 24.0 Å². The lowest BCUT2D eigenvalue weighted by Crippen LogP contribution is -2.17. The number of fused-ring (bicyclic) bond motifs is 2. The van der Waals surface area contributed by atoms with Crippen LogP contribution in [0.1, 0.15) is 17.5 Å². The minimum absolute atomic E-state index is 0.00858. The standard InChI is InChI=1S/C21H19NO6S/c1-2-25-21(24)20-19(14-5-3-4-6-15(14)28-20)22-18(23)12-29-13-7-8-16-17(11-13)27-10-9-26-16/h3-8,11H,2,9-10,12H2,1H3,(H,22,23). The molecule has 0 fully saturated rings. The number of esters is 1. The molecule has 0 bridgehead atoms. The van der Waals surface area contributed by atoms with Gasteiger partial charge in [0.25, 0.3) is 0 Å².